The zero-order valence-corrected chi connectivity index (χ0v) is 13.2. The highest BCUT2D eigenvalue weighted by Gasteiger charge is 2.15. The van der Waals surface area contributed by atoms with Crippen LogP contribution >= 0.6 is 27.5 Å². The van der Waals surface area contributed by atoms with Gasteiger partial charge in [0, 0.05) is 34.8 Å². The minimum atomic E-state index is -1.06. The van der Waals surface area contributed by atoms with E-state index in [1.165, 1.54) is 10.7 Å². The summed E-state index contributed by atoms with van der Waals surface area (Å²) in [6, 6.07) is 5.14. The number of rotatable bonds is 4. The first kappa shape index (κ1) is 15.0. The van der Waals surface area contributed by atoms with Gasteiger partial charge in [-0.2, -0.15) is 5.10 Å². The molecule has 0 amide bonds. The molecule has 1 aromatic carbocycles. The third-order valence-corrected chi connectivity index (χ3v) is 3.87. The number of aryl methyl sites for hydroxylation is 1. The first-order valence-electron chi connectivity index (χ1n) is 5.68. The minimum Gasteiger partial charge on any atom is -0.476 e. The van der Waals surface area contributed by atoms with Gasteiger partial charge >= 0.3 is 5.97 Å². The highest BCUT2D eigenvalue weighted by atomic mass is 79.9. The van der Waals surface area contributed by atoms with Crippen molar-refractivity contribution < 1.29 is 14.6 Å². The van der Waals surface area contributed by atoms with Crippen LogP contribution in [0.3, 0.4) is 0 Å². The summed E-state index contributed by atoms with van der Waals surface area (Å²) in [5.74, 6) is -1.06. The average molecular weight is 360 g/mol. The second-order valence-electron chi connectivity index (χ2n) is 4.20. The molecule has 5 nitrogen and oxygen atoms in total. The summed E-state index contributed by atoms with van der Waals surface area (Å²) in [7, 11) is 3.28. The Hall–Kier alpha value is -1.37. The Bertz CT molecular complexity index is 647. The molecule has 0 fully saturated rings. The SMILES string of the molecule is COCc1c(Cl)cc(-c2cc(C(=O)O)nn2C)cc1Br. The van der Waals surface area contributed by atoms with Crippen LogP contribution in [0.5, 0.6) is 0 Å². The molecule has 2 rings (SSSR count). The lowest BCUT2D eigenvalue weighted by atomic mass is 10.1. The van der Waals surface area contributed by atoms with Gasteiger partial charge in [0.25, 0.3) is 0 Å². The molecule has 0 unspecified atom stereocenters. The van der Waals surface area contributed by atoms with Crippen molar-refractivity contribution in [1.82, 2.24) is 9.78 Å². The fourth-order valence-corrected chi connectivity index (χ4v) is 2.84. The standard InChI is InChI=1S/C13H12BrClN2O3/c1-17-12(5-11(16-17)13(18)19)7-3-9(14)8(6-20-2)10(15)4-7/h3-5H,6H2,1-2H3,(H,18,19). The molecule has 1 N–H and O–H groups in total. The van der Waals surface area contributed by atoms with Crippen LogP contribution in [0.2, 0.25) is 5.02 Å². The normalized spacial score (nSPS) is 10.8. The Morgan fingerprint density at radius 3 is 2.70 bits per heavy atom. The van der Waals surface area contributed by atoms with Gasteiger partial charge in [0.15, 0.2) is 5.69 Å². The number of hydrogen-bond donors (Lipinski definition) is 1. The maximum atomic E-state index is 10.9. The smallest absolute Gasteiger partial charge is 0.356 e. The lowest BCUT2D eigenvalue weighted by Gasteiger charge is -2.09. The molecule has 0 saturated heterocycles. The quantitative estimate of drug-likeness (QED) is 0.909. The Morgan fingerprint density at radius 1 is 1.50 bits per heavy atom. The van der Waals surface area contributed by atoms with Crippen LogP contribution in [0.25, 0.3) is 11.3 Å². The number of halogens is 2. The van der Waals surface area contributed by atoms with Crippen molar-refractivity contribution in [3.8, 4) is 11.3 Å². The summed E-state index contributed by atoms with van der Waals surface area (Å²) in [4.78, 5) is 10.9. The molecule has 106 valence electrons. The maximum Gasteiger partial charge on any atom is 0.356 e. The highest BCUT2D eigenvalue weighted by molar-refractivity contribution is 9.10. The summed E-state index contributed by atoms with van der Waals surface area (Å²) in [5, 5.41) is 13.5. The molecule has 0 aliphatic rings. The molecule has 20 heavy (non-hydrogen) atoms. The first-order chi connectivity index (χ1) is 9.43. The molecular weight excluding hydrogens is 348 g/mol. The van der Waals surface area contributed by atoms with E-state index >= 15 is 0 Å². The van der Waals surface area contributed by atoms with Gasteiger partial charge in [-0.25, -0.2) is 4.79 Å². The predicted molar refractivity (Wildman–Crippen MR) is 79.0 cm³/mol. The van der Waals surface area contributed by atoms with E-state index < -0.39 is 5.97 Å². The van der Waals surface area contributed by atoms with Crippen molar-refractivity contribution in [1.29, 1.82) is 0 Å². The molecule has 1 heterocycles. The van der Waals surface area contributed by atoms with Gasteiger partial charge in [-0.05, 0) is 18.2 Å². The van der Waals surface area contributed by atoms with Crippen LogP contribution in [-0.2, 0) is 18.4 Å². The molecule has 0 atom stereocenters. The van der Waals surface area contributed by atoms with Crippen molar-refractivity contribution in [2.24, 2.45) is 7.05 Å². The minimum absolute atomic E-state index is 0.00397. The molecule has 0 saturated carbocycles. The Morgan fingerprint density at radius 2 is 2.20 bits per heavy atom. The number of hydrogen-bond acceptors (Lipinski definition) is 3. The van der Waals surface area contributed by atoms with Gasteiger partial charge in [0.1, 0.15) is 0 Å². The number of aromatic carboxylic acids is 1. The number of nitrogens with zero attached hydrogens (tertiary/aromatic N) is 2. The topological polar surface area (TPSA) is 64.3 Å². The Balaban J connectivity index is 2.51. The number of aromatic nitrogens is 2. The van der Waals surface area contributed by atoms with E-state index in [2.05, 4.69) is 21.0 Å². The van der Waals surface area contributed by atoms with E-state index in [0.29, 0.717) is 17.3 Å². The van der Waals surface area contributed by atoms with Crippen molar-refractivity contribution in [3.05, 3.63) is 39.0 Å². The zero-order valence-electron chi connectivity index (χ0n) is 10.9. The van der Waals surface area contributed by atoms with Crippen LogP contribution in [0.15, 0.2) is 22.7 Å². The van der Waals surface area contributed by atoms with Crippen LogP contribution in [0.4, 0.5) is 0 Å². The van der Waals surface area contributed by atoms with E-state index in [1.807, 2.05) is 6.07 Å². The van der Waals surface area contributed by atoms with E-state index in [-0.39, 0.29) is 5.69 Å². The molecule has 0 spiro atoms. The molecule has 0 aliphatic carbocycles. The van der Waals surface area contributed by atoms with Crippen molar-refractivity contribution in [2.75, 3.05) is 7.11 Å². The summed E-state index contributed by atoms with van der Waals surface area (Å²) < 4.78 is 7.40. The number of carbonyl (C=O) groups is 1. The average Bonchev–Trinajstić information content (AvgIpc) is 2.76. The molecule has 2 aromatic rings. The number of benzene rings is 1. The van der Waals surface area contributed by atoms with Gasteiger partial charge in [-0.15, -0.1) is 0 Å². The molecule has 1 aromatic heterocycles. The second-order valence-corrected chi connectivity index (χ2v) is 5.46. The number of ether oxygens (including phenoxy) is 1. The molecule has 0 radical (unpaired) electrons. The van der Waals surface area contributed by atoms with Crippen molar-refractivity contribution in [3.63, 3.8) is 0 Å². The van der Waals surface area contributed by atoms with Gasteiger partial charge in [0.2, 0.25) is 0 Å². The predicted octanol–water partition coefficient (Wildman–Crippen LogP) is 3.35. The summed E-state index contributed by atoms with van der Waals surface area (Å²) >= 11 is 9.68. The summed E-state index contributed by atoms with van der Waals surface area (Å²) in [6.07, 6.45) is 0. The molecular formula is C13H12BrClN2O3. The fraction of sp³-hybridized carbons (Fsp3) is 0.231. The van der Waals surface area contributed by atoms with E-state index in [9.17, 15) is 4.79 Å². The number of methoxy groups -OCH3 is 1. The van der Waals surface area contributed by atoms with E-state index in [1.54, 1.807) is 20.2 Å². The van der Waals surface area contributed by atoms with Gasteiger partial charge in [-0.3, -0.25) is 4.68 Å². The van der Waals surface area contributed by atoms with Crippen LogP contribution in [-0.4, -0.2) is 28.0 Å². The zero-order chi connectivity index (χ0) is 14.9. The first-order valence-corrected chi connectivity index (χ1v) is 6.85. The third kappa shape index (κ3) is 2.87. The monoisotopic (exact) mass is 358 g/mol. The van der Waals surface area contributed by atoms with Gasteiger partial charge < -0.3 is 9.84 Å². The lowest BCUT2D eigenvalue weighted by Crippen LogP contribution is -1.99. The van der Waals surface area contributed by atoms with E-state index in [0.717, 1.165) is 15.6 Å². The molecule has 0 aliphatic heterocycles. The summed E-state index contributed by atoms with van der Waals surface area (Å²) in [6.45, 7) is 0.394. The van der Waals surface area contributed by atoms with Crippen LogP contribution < -0.4 is 0 Å². The van der Waals surface area contributed by atoms with Gasteiger partial charge in [0.05, 0.1) is 12.3 Å². The Labute approximate surface area is 129 Å². The number of carboxylic acid groups (broad SMARTS) is 1. The van der Waals surface area contributed by atoms with E-state index in [4.69, 9.17) is 21.4 Å². The third-order valence-electron chi connectivity index (χ3n) is 2.82. The molecule has 0 bridgehead atoms. The van der Waals surface area contributed by atoms with Gasteiger partial charge in [-0.1, -0.05) is 27.5 Å². The second kappa shape index (κ2) is 5.95. The van der Waals surface area contributed by atoms with Crippen molar-refractivity contribution in [2.45, 2.75) is 6.61 Å². The van der Waals surface area contributed by atoms with Crippen LogP contribution in [0, 0.1) is 0 Å². The maximum absolute atomic E-state index is 10.9. The highest BCUT2D eigenvalue weighted by Crippen LogP contribution is 2.32. The largest absolute Gasteiger partial charge is 0.476 e. The molecule has 7 heteroatoms. The lowest BCUT2D eigenvalue weighted by molar-refractivity contribution is 0.0689. The van der Waals surface area contributed by atoms with Crippen LogP contribution in [0.1, 0.15) is 16.1 Å². The summed E-state index contributed by atoms with van der Waals surface area (Å²) in [5.41, 5.74) is 2.30. The Kier molecular flexibility index (Phi) is 4.47. The fourth-order valence-electron chi connectivity index (χ4n) is 1.88. The van der Waals surface area contributed by atoms with Crippen molar-refractivity contribution >= 4 is 33.5 Å². The number of carboxylic acids is 1.